The fraction of sp³-hybridized carbons (Fsp3) is 0.292. The number of amides is 1. The normalized spacial score (nSPS) is 16.8. The molecule has 1 unspecified atom stereocenters. The third-order valence-corrected chi connectivity index (χ3v) is 5.65. The molecular weight excluding hydrogens is 348 g/mol. The molecule has 0 saturated carbocycles. The average molecular weight is 374 g/mol. The number of nitrogens with one attached hydrogen (secondary N) is 1. The van der Waals surface area contributed by atoms with Crippen molar-refractivity contribution in [3.05, 3.63) is 78.4 Å². The molecule has 144 valence electrons. The van der Waals surface area contributed by atoms with Crippen molar-refractivity contribution in [3.63, 3.8) is 0 Å². The molecule has 4 nitrogen and oxygen atoms in total. The van der Waals surface area contributed by atoms with Crippen LogP contribution < -0.4 is 5.32 Å². The maximum absolute atomic E-state index is 12.6. The molecule has 1 atom stereocenters. The largest absolute Gasteiger partial charge is 0.388 e. The maximum Gasteiger partial charge on any atom is 0.238 e. The third kappa shape index (κ3) is 4.24. The zero-order chi connectivity index (χ0) is 19.3. The Morgan fingerprint density at radius 2 is 1.64 bits per heavy atom. The number of hydrogen-bond donors (Lipinski definition) is 2. The lowest BCUT2D eigenvalue weighted by Crippen LogP contribution is -2.40. The lowest BCUT2D eigenvalue weighted by atomic mass is 9.87. The number of aliphatic hydroxyl groups is 1. The van der Waals surface area contributed by atoms with Crippen molar-refractivity contribution in [2.24, 2.45) is 5.92 Å². The zero-order valence-electron chi connectivity index (χ0n) is 15.9. The van der Waals surface area contributed by atoms with E-state index in [1.165, 1.54) is 0 Å². The second-order valence-electron chi connectivity index (χ2n) is 7.54. The highest BCUT2D eigenvalue weighted by atomic mass is 16.3. The van der Waals surface area contributed by atoms with E-state index in [9.17, 15) is 9.90 Å². The number of carbonyl (C=O) groups excluding carboxylic acids is 1. The molecule has 2 N–H and O–H groups in total. The lowest BCUT2D eigenvalue weighted by molar-refractivity contribution is -0.117. The van der Waals surface area contributed by atoms with Crippen LogP contribution in [0.4, 0.5) is 5.69 Å². The molecule has 1 aliphatic rings. The molecule has 1 fully saturated rings. The molecule has 3 aromatic carbocycles. The van der Waals surface area contributed by atoms with E-state index in [1.807, 2.05) is 72.8 Å². The van der Waals surface area contributed by atoms with E-state index >= 15 is 0 Å². The van der Waals surface area contributed by atoms with Crippen LogP contribution in [0.3, 0.4) is 0 Å². The Labute approximate surface area is 165 Å². The number of hydrogen-bond acceptors (Lipinski definition) is 3. The number of aliphatic hydroxyl groups excluding tert-OH is 1. The second-order valence-corrected chi connectivity index (χ2v) is 7.54. The van der Waals surface area contributed by atoms with Crippen molar-refractivity contribution in [3.8, 4) is 0 Å². The Morgan fingerprint density at radius 1 is 0.964 bits per heavy atom. The summed E-state index contributed by atoms with van der Waals surface area (Å²) in [5.74, 6) is 0.262. The Kier molecular flexibility index (Phi) is 5.70. The Hall–Kier alpha value is -2.69. The predicted octanol–water partition coefficient (Wildman–Crippen LogP) is 4.22. The van der Waals surface area contributed by atoms with Crippen LogP contribution >= 0.6 is 0 Å². The number of piperidine rings is 1. The molecule has 0 spiro atoms. The maximum atomic E-state index is 12.6. The van der Waals surface area contributed by atoms with Crippen molar-refractivity contribution in [2.45, 2.75) is 18.9 Å². The van der Waals surface area contributed by atoms with Crippen LogP contribution in [0.1, 0.15) is 24.5 Å². The highest BCUT2D eigenvalue weighted by molar-refractivity contribution is 6.02. The van der Waals surface area contributed by atoms with Gasteiger partial charge in [0.1, 0.15) is 0 Å². The van der Waals surface area contributed by atoms with Gasteiger partial charge in [0, 0.05) is 11.1 Å². The van der Waals surface area contributed by atoms with Crippen LogP contribution in [0.15, 0.2) is 72.8 Å². The van der Waals surface area contributed by atoms with E-state index in [0.29, 0.717) is 6.54 Å². The third-order valence-electron chi connectivity index (χ3n) is 5.65. The number of fused-ring (bicyclic) bond motifs is 1. The topological polar surface area (TPSA) is 52.6 Å². The van der Waals surface area contributed by atoms with E-state index in [1.54, 1.807) is 0 Å². The first-order valence-corrected chi connectivity index (χ1v) is 9.94. The van der Waals surface area contributed by atoms with Crippen LogP contribution in [-0.4, -0.2) is 35.5 Å². The minimum atomic E-state index is -0.423. The highest BCUT2D eigenvalue weighted by Gasteiger charge is 2.27. The van der Waals surface area contributed by atoms with Gasteiger partial charge in [-0.15, -0.1) is 0 Å². The van der Waals surface area contributed by atoms with Gasteiger partial charge >= 0.3 is 0 Å². The van der Waals surface area contributed by atoms with Crippen molar-refractivity contribution in [1.82, 2.24) is 4.90 Å². The fourth-order valence-electron chi connectivity index (χ4n) is 4.08. The van der Waals surface area contributed by atoms with E-state index in [4.69, 9.17) is 0 Å². The summed E-state index contributed by atoms with van der Waals surface area (Å²) in [6, 6.07) is 23.9. The van der Waals surface area contributed by atoms with Gasteiger partial charge in [-0.25, -0.2) is 0 Å². The molecular formula is C24H26N2O2. The monoisotopic (exact) mass is 374 g/mol. The molecule has 1 heterocycles. The SMILES string of the molecule is O=C(CN1CCC(C(O)c2ccccc2)CC1)Nc1cccc2ccccc12. The molecule has 0 aliphatic carbocycles. The molecule has 1 amide bonds. The van der Waals surface area contributed by atoms with Crippen LogP contribution in [0.5, 0.6) is 0 Å². The van der Waals surface area contributed by atoms with Crippen LogP contribution in [0, 0.1) is 5.92 Å². The van der Waals surface area contributed by atoms with Gasteiger partial charge in [0.15, 0.2) is 0 Å². The van der Waals surface area contributed by atoms with Crippen molar-refractivity contribution < 1.29 is 9.90 Å². The smallest absolute Gasteiger partial charge is 0.238 e. The van der Waals surface area contributed by atoms with Crippen LogP contribution in [-0.2, 0) is 4.79 Å². The zero-order valence-corrected chi connectivity index (χ0v) is 15.9. The van der Waals surface area contributed by atoms with Gasteiger partial charge in [0.2, 0.25) is 5.91 Å². The molecule has 0 radical (unpaired) electrons. The number of anilines is 1. The van der Waals surface area contributed by atoms with Gasteiger partial charge in [0.25, 0.3) is 0 Å². The summed E-state index contributed by atoms with van der Waals surface area (Å²) in [4.78, 5) is 14.7. The highest BCUT2D eigenvalue weighted by Crippen LogP contribution is 2.30. The predicted molar refractivity (Wildman–Crippen MR) is 113 cm³/mol. The quantitative estimate of drug-likeness (QED) is 0.703. The van der Waals surface area contributed by atoms with Crippen LogP contribution in [0.25, 0.3) is 10.8 Å². The Morgan fingerprint density at radius 3 is 2.43 bits per heavy atom. The molecule has 4 rings (SSSR count). The first-order valence-electron chi connectivity index (χ1n) is 9.94. The van der Waals surface area contributed by atoms with Crippen LogP contribution in [0.2, 0.25) is 0 Å². The van der Waals surface area contributed by atoms with Gasteiger partial charge in [-0.05, 0) is 48.9 Å². The number of rotatable bonds is 5. The summed E-state index contributed by atoms with van der Waals surface area (Å²) in [5, 5.41) is 15.9. The molecule has 0 aromatic heterocycles. The van der Waals surface area contributed by atoms with Crippen molar-refractivity contribution in [2.75, 3.05) is 25.0 Å². The molecule has 28 heavy (non-hydrogen) atoms. The summed E-state index contributed by atoms with van der Waals surface area (Å²) < 4.78 is 0. The summed E-state index contributed by atoms with van der Waals surface area (Å²) in [6.07, 6.45) is 1.38. The van der Waals surface area contributed by atoms with Gasteiger partial charge in [0.05, 0.1) is 12.6 Å². The van der Waals surface area contributed by atoms with Gasteiger partial charge in [-0.2, -0.15) is 0 Å². The number of benzene rings is 3. The van der Waals surface area contributed by atoms with Crippen molar-refractivity contribution >= 4 is 22.4 Å². The number of nitrogens with zero attached hydrogens (tertiary/aromatic N) is 1. The number of likely N-dealkylation sites (tertiary alicyclic amines) is 1. The minimum absolute atomic E-state index is 0.0124. The molecule has 3 aromatic rings. The average Bonchev–Trinajstić information content (AvgIpc) is 2.75. The molecule has 1 aliphatic heterocycles. The molecule has 1 saturated heterocycles. The minimum Gasteiger partial charge on any atom is -0.388 e. The summed E-state index contributed by atoms with van der Waals surface area (Å²) >= 11 is 0. The second kappa shape index (κ2) is 8.55. The standard InChI is InChI=1S/C24H26N2O2/c27-23(25-22-12-6-10-18-7-4-5-11-21(18)22)17-26-15-13-20(14-16-26)24(28)19-8-2-1-3-9-19/h1-12,20,24,28H,13-17H2,(H,25,27). The van der Waals surface area contributed by atoms with Gasteiger partial charge < -0.3 is 10.4 Å². The Bertz CT molecular complexity index is 928. The molecule has 0 bridgehead atoms. The van der Waals surface area contributed by atoms with Gasteiger partial charge in [-0.1, -0.05) is 66.7 Å². The van der Waals surface area contributed by atoms with E-state index in [-0.39, 0.29) is 11.8 Å². The lowest BCUT2D eigenvalue weighted by Gasteiger charge is -2.34. The van der Waals surface area contributed by atoms with E-state index in [0.717, 1.165) is 48.0 Å². The van der Waals surface area contributed by atoms with E-state index in [2.05, 4.69) is 10.2 Å². The summed E-state index contributed by atoms with van der Waals surface area (Å²) in [5.41, 5.74) is 1.84. The summed E-state index contributed by atoms with van der Waals surface area (Å²) in [7, 11) is 0. The van der Waals surface area contributed by atoms with Crippen molar-refractivity contribution in [1.29, 1.82) is 0 Å². The van der Waals surface area contributed by atoms with E-state index < -0.39 is 6.10 Å². The van der Waals surface area contributed by atoms with Gasteiger partial charge in [-0.3, -0.25) is 9.69 Å². The summed E-state index contributed by atoms with van der Waals surface area (Å²) in [6.45, 7) is 2.05. The Balaban J connectivity index is 1.31. The first kappa shape index (κ1) is 18.7. The first-order chi connectivity index (χ1) is 13.7. The molecule has 4 heteroatoms. The number of carbonyl (C=O) groups is 1. The fourth-order valence-corrected chi connectivity index (χ4v) is 4.08.